The Morgan fingerprint density at radius 2 is 1.87 bits per heavy atom. The van der Waals surface area contributed by atoms with E-state index in [1.54, 1.807) is 6.92 Å². The van der Waals surface area contributed by atoms with Crippen molar-refractivity contribution in [2.24, 2.45) is 5.73 Å². The summed E-state index contributed by atoms with van der Waals surface area (Å²) in [6, 6.07) is -1.39. The summed E-state index contributed by atoms with van der Waals surface area (Å²) >= 11 is 0. The molecule has 0 radical (unpaired) electrons. The van der Waals surface area contributed by atoms with Gasteiger partial charge in [0.15, 0.2) is 0 Å². The van der Waals surface area contributed by atoms with Crippen molar-refractivity contribution in [3.8, 4) is 0 Å². The van der Waals surface area contributed by atoms with E-state index < -0.39 is 24.0 Å². The number of carbonyl (C=O) groups is 2. The molecule has 0 rings (SSSR count). The van der Waals surface area contributed by atoms with Gasteiger partial charge in [-0.15, -0.1) is 0 Å². The first-order chi connectivity index (χ1) is 6.95. The van der Waals surface area contributed by atoms with Gasteiger partial charge in [0.05, 0.1) is 0 Å². The third kappa shape index (κ3) is 6.87. The highest BCUT2D eigenvalue weighted by atomic mass is 16.4. The first kappa shape index (κ1) is 13.9. The number of hydrogen-bond donors (Lipinski definition) is 4. The number of nitrogens with two attached hydrogens (primary N) is 1. The Balaban J connectivity index is 3.40. The lowest BCUT2D eigenvalue weighted by molar-refractivity contribution is -0.139. The molecule has 0 aliphatic rings. The maximum absolute atomic E-state index is 10.4. The van der Waals surface area contributed by atoms with Crippen LogP contribution in [0.1, 0.15) is 26.2 Å². The number of hydrogen-bond acceptors (Lipinski definition) is 4. The van der Waals surface area contributed by atoms with Crippen molar-refractivity contribution in [2.75, 3.05) is 6.54 Å². The Hall–Kier alpha value is -1.14. The SMILES string of the molecule is C[C@H](NCCCC[C@H](N)C(=O)O)C(=O)O. The van der Waals surface area contributed by atoms with Crippen molar-refractivity contribution in [1.82, 2.24) is 5.32 Å². The Labute approximate surface area is 88.5 Å². The number of unbranched alkanes of at least 4 members (excludes halogenated alkanes) is 1. The Morgan fingerprint density at radius 1 is 1.27 bits per heavy atom. The van der Waals surface area contributed by atoms with Gasteiger partial charge in [0.1, 0.15) is 12.1 Å². The monoisotopic (exact) mass is 218 g/mol. The minimum absolute atomic E-state index is 0.415. The number of carboxylic acids is 2. The smallest absolute Gasteiger partial charge is 0.320 e. The van der Waals surface area contributed by atoms with E-state index in [0.717, 1.165) is 6.42 Å². The molecule has 6 nitrogen and oxygen atoms in total. The number of nitrogens with one attached hydrogen (secondary N) is 1. The number of rotatable bonds is 8. The van der Waals surface area contributed by atoms with Gasteiger partial charge in [-0.25, -0.2) is 0 Å². The van der Waals surface area contributed by atoms with Crippen LogP contribution < -0.4 is 11.1 Å². The Bertz CT molecular complexity index is 198. The highest BCUT2D eigenvalue weighted by Gasteiger charge is 2.11. The predicted molar refractivity (Wildman–Crippen MR) is 54.6 cm³/mol. The third-order valence-corrected chi connectivity index (χ3v) is 2.08. The molecule has 0 heterocycles. The lowest BCUT2D eigenvalue weighted by Crippen LogP contribution is -2.34. The zero-order valence-corrected chi connectivity index (χ0v) is 8.77. The van der Waals surface area contributed by atoms with Crippen molar-refractivity contribution < 1.29 is 19.8 Å². The predicted octanol–water partition coefficient (Wildman–Crippen LogP) is -0.369. The molecule has 5 N–H and O–H groups in total. The van der Waals surface area contributed by atoms with Crippen LogP contribution in [0.3, 0.4) is 0 Å². The molecule has 15 heavy (non-hydrogen) atoms. The fourth-order valence-corrected chi connectivity index (χ4v) is 1.02. The molecule has 0 aliphatic heterocycles. The molecular weight excluding hydrogens is 200 g/mol. The van der Waals surface area contributed by atoms with E-state index in [-0.39, 0.29) is 0 Å². The largest absolute Gasteiger partial charge is 0.480 e. The minimum atomic E-state index is -0.998. The van der Waals surface area contributed by atoms with Gasteiger partial charge in [-0.1, -0.05) is 6.42 Å². The zero-order valence-electron chi connectivity index (χ0n) is 8.77. The first-order valence-electron chi connectivity index (χ1n) is 4.89. The number of aliphatic carboxylic acids is 2. The van der Waals surface area contributed by atoms with Gasteiger partial charge in [-0.2, -0.15) is 0 Å². The van der Waals surface area contributed by atoms with E-state index in [9.17, 15) is 9.59 Å². The molecule has 0 aromatic rings. The molecule has 6 heteroatoms. The maximum Gasteiger partial charge on any atom is 0.320 e. The highest BCUT2D eigenvalue weighted by Crippen LogP contribution is 1.98. The normalized spacial score (nSPS) is 14.5. The summed E-state index contributed by atoms with van der Waals surface area (Å²) in [5.41, 5.74) is 5.29. The second-order valence-electron chi connectivity index (χ2n) is 3.45. The van der Waals surface area contributed by atoms with Gasteiger partial charge in [0, 0.05) is 0 Å². The van der Waals surface area contributed by atoms with Crippen molar-refractivity contribution in [3.05, 3.63) is 0 Å². The van der Waals surface area contributed by atoms with Gasteiger partial charge in [-0.3, -0.25) is 9.59 Å². The van der Waals surface area contributed by atoms with E-state index in [4.69, 9.17) is 15.9 Å². The average Bonchev–Trinajstić information content (AvgIpc) is 2.16. The molecular formula is C9H18N2O4. The summed E-state index contributed by atoms with van der Waals surface area (Å²) in [6.07, 6.45) is 1.81. The molecule has 0 amide bonds. The summed E-state index contributed by atoms with van der Waals surface area (Å²) in [6.45, 7) is 2.12. The summed E-state index contributed by atoms with van der Waals surface area (Å²) in [4.78, 5) is 20.7. The van der Waals surface area contributed by atoms with Crippen molar-refractivity contribution in [2.45, 2.75) is 38.3 Å². The van der Waals surface area contributed by atoms with Crippen molar-refractivity contribution in [1.29, 1.82) is 0 Å². The van der Waals surface area contributed by atoms with Crippen LogP contribution in [-0.4, -0.2) is 40.8 Å². The zero-order chi connectivity index (χ0) is 11.8. The molecule has 2 atom stereocenters. The standard InChI is InChI=1S/C9H18N2O4/c1-6(8(12)13)11-5-3-2-4-7(10)9(14)15/h6-7,11H,2-5,10H2,1H3,(H,12,13)(H,14,15)/t6-,7-/m0/s1. The van der Waals surface area contributed by atoms with E-state index in [1.165, 1.54) is 0 Å². The summed E-state index contributed by atoms with van der Waals surface area (Å²) in [7, 11) is 0. The van der Waals surface area contributed by atoms with Crippen molar-refractivity contribution >= 4 is 11.9 Å². The van der Waals surface area contributed by atoms with Crippen LogP contribution in [0.4, 0.5) is 0 Å². The molecule has 88 valence electrons. The molecule has 0 aromatic carbocycles. The molecule has 0 unspecified atom stereocenters. The molecule has 0 saturated heterocycles. The minimum Gasteiger partial charge on any atom is -0.480 e. The first-order valence-corrected chi connectivity index (χ1v) is 4.89. The third-order valence-electron chi connectivity index (χ3n) is 2.08. The second kappa shape index (κ2) is 7.19. The summed E-state index contributed by atoms with van der Waals surface area (Å²) in [5, 5.41) is 19.8. The highest BCUT2D eigenvalue weighted by molar-refractivity contribution is 5.73. The average molecular weight is 218 g/mol. The molecule has 0 spiro atoms. The maximum atomic E-state index is 10.4. The van der Waals surface area contributed by atoms with Crippen LogP contribution in [0, 0.1) is 0 Å². The fraction of sp³-hybridized carbons (Fsp3) is 0.778. The fourth-order valence-electron chi connectivity index (χ4n) is 1.02. The van der Waals surface area contributed by atoms with Gasteiger partial charge >= 0.3 is 11.9 Å². The molecule has 0 aliphatic carbocycles. The second-order valence-corrected chi connectivity index (χ2v) is 3.45. The van der Waals surface area contributed by atoms with Crippen LogP contribution in [0.25, 0.3) is 0 Å². The van der Waals surface area contributed by atoms with Crippen LogP contribution in [0.15, 0.2) is 0 Å². The van der Waals surface area contributed by atoms with E-state index in [0.29, 0.717) is 19.4 Å². The van der Waals surface area contributed by atoms with Gasteiger partial charge < -0.3 is 21.3 Å². The van der Waals surface area contributed by atoms with Crippen LogP contribution in [0.5, 0.6) is 0 Å². The molecule has 0 aromatic heterocycles. The Morgan fingerprint density at radius 3 is 2.33 bits per heavy atom. The van der Waals surface area contributed by atoms with Gasteiger partial charge in [0.25, 0.3) is 0 Å². The van der Waals surface area contributed by atoms with Crippen LogP contribution in [-0.2, 0) is 9.59 Å². The Kier molecular flexibility index (Phi) is 6.64. The van der Waals surface area contributed by atoms with E-state index >= 15 is 0 Å². The van der Waals surface area contributed by atoms with Gasteiger partial charge in [0.2, 0.25) is 0 Å². The van der Waals surface area contributed by atoms with E-state index in [1.807, 2.05) is 0 Å². The lowest BCUT2D eigenvalue weighted by Gasteiger charge is -2.09. The van der Waals surface area contributed by atoms with Crippen molar-refractivity contribution in [3.63, 3.8) is 0 Å². The topological polar surface area (TPSA) is 113 Å². The van der Waals surface area contributed by atoms with Crippen LogP contribution >= 0.6 is 0 Å². The number of carboxylic acid groups (broad SMARTS) is 2. The lowest BCUT2D eigenvalue weighted by atomic mass is 10.1. The summed E-state index contributed by atoms with van der Waals surface area (Å²) < 4.78 is 0. The van der Waals surface area contributed by atoms with Crippen LogP contribution in [0.2, 0.25) is 0 Å². The molecule has 0 bridgehead atoms. The molecule has 0 fully saturated rings. The quantitative estimate of drug-likeness (QED) is 0.413. The summed E-state index contributed by atoms with van der Waals surface area (Å²) in [5.74, 6) is -1.89. The van der Waals surface area contributed by atoms with Gasteiger partial charge in [-0.05, 0) is 26.3 Å². The molecule has 0 saturated carbocycles. The van der Waals surface area contributed by atoms with E-state index in [2.05, 4.69) is 5.32 Å².